The van der Waals surface area contributed by atoms with Gasteiger partial charge in [-0.1, -0.05) is 12.1 Å². The third kappa shape index (κ3) is 5.84. The van der Waals surface area contributed by atoms with Gasteiger partial charge in [0.05, 0.1) is 24.4 Å². The molecule has 3 amide bonds. The van der Waals surface area contributed by atoms with E-state index < -0.39 is 36.0 Å². The van der Waals surface area contributed by atoms with E-state index in [9.17, 15) is 18.8 Å². The minimum atomic E-state index is -0.786. The maximum absolute atomic E-state index is 15.1. The second-order valence-corrected chi connectivity index (χ2v) is 12.3. The zero-order chi connectivity index (χ0) is 31.0. The van der Waals surface area contributed by atoms with Crippen molar-refractivity contribution in [3.05, 3.63) is 94.1 Å². The number of carbonyl (C=O) groups excluding carboxylic acids is 3. The number of piperidine rings is 2. The lowest BCUT2D eigenvalue weighted by atomic mass is 10.0. The van der Waals surface area contributed by atoms with Crippen LogP contribution in [0.5, 0.6) is 5.75 Å². The summed E-state index contributed by atoms with van der Waals surface area (Å²) >= 11 is 1.38. The molecule has 6 rings (SSSR count). The van der Waals surface area contributed by atoms with Crippen molar-refractivity contribution < 1.29 is 32.3 Å². The number of nitrogens with one attached hydrogen (secondary N) is 1. The summed E-state index contributed by atoms with van der Waals surface area (Å²) in [5.74, 6) is -2.93. The molecule has 0 unspecified atom stereocenters. The van der Waals surface area contributed by atoms with Gasteiger partial charge in [-0.25, -0.2) is 18.0 Å². The molecule has 2 fully saturated rings. The van der Waals surface area contributed by atoms with E-state index in [0.717, 1.165) is 0 Å². The molecular formula is C32H27F3N4O4S. The summed E-state index contributed by atoms with van der Waals surface area (Å²) in [6, 6.07) is 11.0. The molecule has 3 aliphatic rings. The van der Waals surface area contributed by atoms with Gasteiger partial charge in [-0.2, -0.15) is 0 Å². The summed E-state index contributed by atoms with van der Waals surface area (Å²) in [5, 5.41) is 2.35. The predicted octanol–water partition coefficient (Wildman–Crippen LogP) is 5.76. The van der Waals surface area contributed by atoms with Crippen LogP contribution in [0.25, 0.3) is 4.85 Å². The molecule has 0 bridgehead atoms. The van der Waals surface area contributed by atoms with Crippen molar-refractivity contribution in [3.63, 3.8) is 0 Å². The monoisotopic (exact) mass is 620 g/mol. The number of hydrogen-bond donors (Lipinski definition) is 1. The molecule has 0 radical (unpaired) electrons. The number of fused-ring (bicyclic) bond motifs is 1. The van der Waals surface area contributed by atoms with Crippen LogP contribution in [-0.4, -0.2) is 47.0 Å². The van der Waals surface area contributed by atoms with Crippen molar-refractivity contribution in [1.82, 2.24) is 10.2 Å². The fourth-order valence-electron chi connectivity index (χ4n) is 5.86. The van der Waals surface area contributed by atoms with Gasteiger partial charge in [0, 0.05) is 40.8 Å². The number of rotatable bonds is 7. The fourth-order valence-corrected chi connectivity index (χ4v) is 7.03. The van der Waals surface area contributed by atoms with E-state index >= 15 is 8.78 Å². The topological polar surface area (TPSA) is 83.3 Å². The highest BCUT2D eigenvalue weighted by molar-refractivity contribution is 8.00. The lowest BCUT2D eigenvalue weighted by Gasteiger charge is -2.33. The van der Waals surface area contributed by atoms with Crippen LogP contribution in [0.4, 0.5) is 24.5 Å². The number of anilines is 1. The van der Waals surface area contributed by atoms with Crippen molar-refractivity contribution in [2.45, 2.75) is 55.0 Å². The molecule has 12 heteroatoms. The first-order valence-electron chi connectivity index (χ1n) is 14.2. The molecular weight excluding hydrogens is 593 g/mol. The van der Waals surface area contributed by atoms with Crippen LogP contribution >= 0.6 is 11.8 Å². The first-order chi connectivity index (χ1) is 21.2. The van der Waals surface area contributed by atoms with Crippen molar-refractivity contribution in [1.29, 1.82) is 0 Å². The van der Waals surface area contributed by atoms with E-state index in [0.29, 0.717) is 47.6 Å². The van der Waals surface area contributed by atoms with Crippen LogP contribution in [0.15, 0.2) is 53.4 Å². The third-order valence-corrected chi connectivity index (χ3v) is 9.48. The predicted molar refractivity (Wildman–Crippen MR) is 157 cm³/mol. The van der Waals surface area contributed by atoms with Gasteiger partial charge in [0.15, 0.2) is 5.69 Å². The summed E-state index contributed by atoms with van der Waals surface area (Å²) in [5.41, 5.74) is 1.30. The average molecular weight is 621 g/mol. The number of imide groups is 1. The Morgan fingerprint density at radius 1 is 0.977 bits per heavy atom. The second kappa shape index (κ2) is 12.2. The smallest absolute Gasteiger partial charge is 0.255 e. The Hall–Kier alpha value is -4.50. The lowest BCUT2D eigenvalue weighted by molar-refractivity contribution is -0.136. The highest BCUT2D eigenvalue weighted by atomic mass is 32.2. The number of thioether (sulfide) groups is 1. The molecule has 3 aliphatic heterocycles. The number of halogens is 3. The molecule has 0 spiro atoms. The van der Waals surface area contributed by atoms with E-state index in [1.165, 1.54) is 34.9 Å². The quantitative estimate of drug-likeness (QED) is 0.268. The van der Waals surface area contributed by atoms with Crippen molar-refractivity contribution in [2.75, 3.05) is 18.0 Å². The van der Waals surface area contributed by atoms with Gasteiger partial charge in [0.25, 0.3) is 5.91 Å². The van der Waals surface area contributed by atoms with Crippen molar-refractivity contribution in [3.8, 4) is 5.75 Å². The van der Waals surface area contributed by atoms with E-state index in [1.807, 2.05) is 4.90 Å². The maximum atomic E-state index is 15.1. The Morgan fingerprint density at radius 2 is 1.73 bits per heavy atom. The van der Waals surface area contributed by atoms with Gasteiger partial charge in [0.2, 0.25) is 11.8 Å². The van der Waals surface area contributed by atoms with Gasteiger partial charge >= 0.3 is 0 Å². The molecule has 0 saturated carbocycles. The maximum Gasteiger partial charge on any atom is 0.255 e. The Morgan fingerprint density at radius 3 is 2.41 bits per heavy atom. The molecule has 1 N–H and O–H groups in total. The highest BCUT2D eigenvalue weighted by Gasteiger charge is 2.40. The average Bonchev–Trinajstić information content (AvgIpc) is 3.33. The molecule has 3 aromatic carbocycles. The normalized spacial score (nSPS) is 18.7. The molecule has 226 valence electrons. The van der Waals surface area contributed by atoms with Crippen LogP contribution in [0, 0.1) is 24.0 Å². The number of ether oxygens (including phenoxy) is 1. The van der Waals surface area contributed by atoms with Gasteiger partial charge < -0.3 is 14.5 Å². The lowest BCUT2D eigenvalue weighted by Crippen LogP contribution is -2.52. The van der Waals surface area contributed by atoms with Crippen molar-refractivity contribution >= 4 is 40.9 Å². The first kappa shape index (κ1) is 29.6. The molecule has 0 aromatic heterocycles. The summed E-state index contributed by atoms with van der Waals surface area (Å²) in [6.45, 7) is 7.86. The summed E-state index contributed by atoms with van der Waals surface area (Å²) in [6.07, 6.45) is 1.73. The highest BCUT2D eigenvalue weighted by Crippen LogP contribution is 2.37. The molecule has 44 heavy (non-hydrogen) atoms. The van der Waals surface area contributed by atoms with Gasteiger partial charge in [0.1, 0.15) is 35.8 Å². The molecule has 3 aromatic rings. The second-order valence-electron chi connectivity index (χ2n) is 10.9. The van der Waals surface area contributed by atoms with E-state index in [4.69, 9.17) is 11.3 Å². The summed E-state index contributed by atoms with van der Waals surface area (Å²) in [4.78, 5) is 43.9. The van der Waals surface area contributed by atoms with Crippen molar-refractivity contribution in [2.24, 2.45) is 0 Å². The van der Waals surface area contributed by atoms with Gasteiger partial charge in [-0.3, -0.25) is 19.7 Å². The standard InChI is InChI=1S/C32H27F3N4O4S/c1-36-18-5-6-27(26(35)13-18)38-11-9-19(10-12-38)44-20-14-24(33)23(25(34)15-20)17-43-29-4-2-3-21-22(29)16-39(32(21)42)28-7-8-30(40)37-31(28)41/h2-6,13-15,19,28H,7-12,16-17H2,(H,37,40,41)/t28-/m1/s1. The molecule has 0 aliphatic carbocycles. The Kier molecular flexibility index (Phi) is 8.23. The zero-order valence-electron chi connectivity index (χ0n) is 23.4. The van der Waals surface area contributed by atoms with E-state index in [2.05, 4.69) is 10.2 Å². The molecule has 3 heterocycles. The Bertz CT molecular complexity index is 1680. The first-order valence-corrected chi connectivity index (χ1v) is 15.1. The number of carbonyl (C=O) groups is 3. The molecule has 2 saturated heterocycles. The van der Waals surface area contributed by atoms with Crippen LogP contribution in [0.2, 0.25) is 0 Å². The van der Waals surface area contributed by atoms with E-state index in [1.54, 1.807) is 30.3 Å². The third-order valence-electron chi connectivity index (χ3n) is 8.17. The van der Waals surface area contributed by atoms with E-state index in [-0.39, 0.29) is 53.5 Å². The summed E-state index contributed by atoms with van der Waals surface area (Å²) in [7, 11) is 0. The Labute approximate surface area is 256 Å². The number of amides is 3. The SMILES string of the molecule is [C-]#[N+]c1ccc(N2CCC(Sc3cc(F)c(COc4cccc5c4CN([C@@H]4CCC(=O)NC4=O)C5=O)c(F)c3)CC2)c(F)c1. The van der Waals surface area contributed by atoms with Crippen LogP contribution in [-0.2, 0) is 22.7 Å². The molecule has 1 atom stereocenters. The van der Waals surface area contributed by atoms with Crippen LogP contribution < -0.4 is 15.0 Å². The fraction of sp³-hybridized carbons (Fsp3) is 0.312. The van der Waals surface area contributed by atoms with Crippen LogP contribution in [0.3, 0.4) is 0 Å². The Balaban J connectivity index is 1.08. The minimum Gasteiger partial charge on any atom is -0.488 e. The number of benzene rings is 3. The number of hydrogen-bond acceptors (Lipinski definition) is 6. The largest absolute Gasteiger partial charge is 0.488 e. The zero-order valence-corrected chi connectivity index (χ0v) is 24.3. The van der Waals surface area contributed by atoms with Gasteiger partial charge in [-0.15, -0.1) is 11.8 Å². The molecule has 8 nitrogen and oxygen atoms in total. The summed E-state index contributed by atoms with van der Waals surface area (Å²) < 4.78 is 50.5. The number of nitrogens with zero attached hydrogens (tertiary/aromatic N) is 3. The van der Waals surface area contributed by atoms with Gasteiger partial charge in [-0.05, 0) is 55.7 Å². The minimum absolute atomic E-state index is 0.0783. The van der Waals surface area contributed by atoms with Crippen LogP contribution in [0.1, 0.15) is 47.2 Å².